The number of aromatic nitrogens is 2. The zero-order valence-corrected chi connectivity index (χ0v) is 17.8. The van der Waals surface area contributed by atoms with Crippen molar-refractivity contribution in [3.63, 3.8) is 0 Å². The number of nitrogens with one attached hydrogen (secondary N) is 1. The van der Waals surface area contributed by atoms with Gasteiger partial charge in [-0.25, -0.2) is 13.2 Å². The van der Waals surface area contributed by atoms with E-state index in [4.69, 9.17) is 4.74 Å². The summed E-state index contributed by atoms with van der Waals surface area (Å²) in [5.74, 6) is -1.55. The van der Waals surface area contributed by atoms with Gasteiger partial charge in [-0.15, -0.1) is 0 Å². The van der Waals surface area contributed by atoms with Crippen LogP contribution in [0.4, 0.5) is 13.2 Å². The van der Waals surface area contributed by atoms with Gasteiger partial charge in [-0.2, -0.15) is 5.10 Å². The maximum atomic E-state index is 14.6. The Balaban J connectivity index is 1.56. The third kappa shape index (κ3) is 4.29. The predicted molar refractivity (Wildman–Crippen MR) is 120 cm³/mol. The maximum absolute atomic E-state index is 14.6. The molecular formula is C26H22F3N3O. The minimum atomic E-state index is -0.610. The van der Waals surface area contributed by atoms with E-state index in [-0.39, 0.29) is 11.9 Å². The number of ether oxygens (including phenoxy) is 1. The zero-order chi connectivity index (χ0) is 22.8. The summed E-state index contributed by atoms with van der Waals surface area (Å²) < 4.78 is 47.7. The molecule has 1 aliphatic heterocycles. The van der Waals surface area contributed by atoms with Crippen LogP contribution in [0.25, 0.3) is 22.4 Å². The molecule has 4 nitrogen and oxygen atoms in total. The lowest BCUT2D eigenvalue weighted by atomic mass is 9.93. The van der Waals surface area contributed by atoms with Crippen molar-refractivity contribution in [3.05, 3.63) is 102 Å². The minimum Gasteiger partial charge on any atom is -0.379 e. The number of aromatic amines is 1. The molecule has 168 valence electrons. The van der Waals surface area contributed by atoms with Crippen LogP contribution >= 0.6 is 0 Å². The second-order valence-electron chi connectivity index (χ2n) is 7.98. The Morgan fingerprint density at radius 3 is 2.33 bits per heavy atom. The largest absolute Gasteiger partial charge is 0.379 e. The molecule has 7 heteroatoms. The summed E-state index contributed by atoms with van der Waals surface area (Å²) in [5.41, 5.74) is 3.87. The standard InChI is InChI=1S/C26H22F3N3O/c27-19-9-10-20(24(29)15-19)17-5-7-18(8-6-17)26(32-11-13-33-14-12-32)22-16-30-31-25(22)21-3-1-2-4-23(21)28/h1-10,15-16,26H,11-14H2,(H,30,31). The van der Waals surface area contributed by atoms with E-state index in [1.807, 2.05) is 24.3 Å². The van der Waals surface area contributed by atoms with E-state index in [0.717, 1.165) is 17.2 Å². The van der Waals surface area contributed by atoms with Crippen LogP contribution in [0.1, 0.15) is 17.2 Å². The van der Waals surface area contributed by atoms with Gasteiger partial charge in [0.2, 0.25) is 0 Å². The summed E-state index contributed by atoms with van der Waals surface area (Å²) in [6, 6.07) is 17.5. The highest BCUT2D eigenvalue weighted by molar-refractivity contribution is 5.67. The molecule has 4 aromatic rings. The van der Waals surface area contributed by atoms with Gasteiger partial charge < -0.3 is 4.74 Å². The molecule has 1 aliphatic rings. The summed E-state index contributed by atoms with van der Waals surface area (Å²) in [6.45, 7) is 2.62. The molecule has 0 radical (unpaired) electrons. The van der Waals surface area contributed by atoms with Crippen molar-refractivity contribution in [2.75, 3.05) is 26.3 Å². The van der Waals surface area contributed by atoms with Crippen LogP contribution in [-0.4, -0.2) is 41.4 Å². The average Bonchev–Trinajstić information content (AvgIpc) is 3.30. The fourth-order valence-electron chi connectivity index (χ4n) is 4.37. The number of nitrogens with zero attached hydrogens (tertiary/aromatic N) is 2. The van der Waals surface area contributed by atoms with Crippen LogP contribution in [0.2, 0.25) is 0 Å². The quantitative estimate of drug-likeness (QED) is 0.432. The second-order valence-corrected chi connectivity index (χ2v) is 7.98. The molecule has 1 fully saturated rings. The van der Waals surface area contributed by atoms with Crippen LogP contribution in [0, 0.1) is 17.5 Å². The van der Waals surface area contributed by atoms with Gasteiger partial charge in [0.25, 0.3) is 0 Å². The first-order valence-electron chi connectivity index (χ1n) is 10.8. The van der Waals surface area contributed by atoms with Crippen molar-refractivity contribution >= 4 is 0 Å². The molecule has 2 heterocycles. The third-order valence-corrected chi connectivity index (χ3v) is 5.99. The number of hydrogen-bond donors (Lipinski definition) is 1. The highest BCUT2D eigenvalue weighted by Gasteiger charge is 2.28. The van der Waals surface area contributed by atoms with Gasteiger partial charge in [-0.3, -0.25) is 10.00 Å². The number of halogens is 3. The first-order chi connectivity index (χ1) is 16.1. The van der Waals surface area contributed by atoms with E-state index in [2.05, 4.69) is 15.1 Å². The molecule has 0 spiro atoms. The Kier molecular flexibility index (Phi) is 5.98. The molecular weight excluding hydrogens is 427 g/mol. The fourth-order valence-corrected chi connectivity index (χ4v) is 4.37. The summed E-state index contributed by atoms with van der Waals surface area (Å²) in [5, 5.41) is 7.20. The van der Waals surface area contributed by atoms with Gasteiger partial charge in [-0.05, 0) is 35.4 Å². The van der Waals surface area contributed by atoms with Crippen molar-refractivity contribution in [2.24, 2.45) is 0 Å². The number of rotatable bonds is 5. The van der Waals surface area contributed by atoms with Gasteiger partial charge in [-0.1, -0.05) is 36.4 Å². The molecule has 0 saturated carbocycles. The van der Waals surface area contributed by atoms with E-state index >= 15 is 0 Å². The van der Waals surface area contributed by atoms with Crippen LogP contribution in [0.3, 0.4) is 0 Å². The highest BCUT2D eigenvalue weighted by atomic mass is 19.1. The average molecular weight is 449 g/mol. The number of hydrogen-bond acceptors (Lipinski definition) is 3. The van der Waals surface area contributed by atoms with E-state index < -0.39 is 11.6 Å². The molecule has 0 bridgehead atoms. The number of H-pyrrole nitrogens is 1. The third-order valence-electron chi connectivity index (χ3n) is 5.99. The molecule has 5 rings (SSSR count). The molecule has 3 aromatic carbocycles. The predicted octanol–water partition coefficient (Wildman–Crippen LogP) is 5.58. The van der Waals surface area contributed by atoms with Crippen LogP contribution in [0.5, 0.6) is 0 Å². The normalized spacial score (nSPS) is 15.5. The van der Waals surface area contributed by atoms with Crippen LogP contribution in [0.15, 0.2) is 72.9 Å². The first kappa shape index (κ1) is 21.4. The monoisotopic (exact) mass is 449 g/mol. The topological polar surface area (TPSA) is 41.2 Å². The van der Waals surface area contributed by atoms with Gasteiger partial charge in [0.15, 0.2) is 0 Å². The molecule has 33 heavy (non-hydrogen) atoms. The summed E-state index contributed by atoms with van der Waals surface area (Å²) >= 11 is 0. The van der Waals surface area contributed by atoms with Crippen molar-refractivity contribution in [3.8, 4) is 22.4 Å². The fraction of sp³-hybridized carbons (Fsp3) is 0.192. The van der Waals surface area contributed by atoms with E-state index in [0.29, 0.717) is 48.7 Å². The van der Waals surface area contributed by atoms with Crippen molar-refractivity contribution in [1.29, 1.82) is 0 Å². The molecule has 0 aliphatic carbocycles. The zero-order valence-electron chi connectivity index (χ0n) is 17.8. The Bertz CT molecular complexity index is 1250. The van der Waals surface area contributed by atoms with E-state index in [1.54, 1.807) is 24.4 Å². The summed E-state index contributed by atoms with van der Waals surface area (Å²) in [6.07, 6.45) is 1.73. The molecule has 1 atom stereocenters. The number of morpholine rings is 1. The first-order valence-corrected chi connectivity index (χ1v) is 10.8. The van der Waals surface area contributed by atoms with Crippen molar-refractivity contribution < 1.29 is 17.9 Å². The van der Waals surface area contributed by atoms with Gasteiger partial charge >= 0.3 is 0 Å². The molecule has 1 N–H and O–H groups in total. The Morgan fingerprint density at radius 1 is 0.848 bits per heavy atom. The van der Waals surface area contributed by atoms with Gasteiger partial charge in [0.1, 0.15) is 17.5 Å². The van der Waals surface area contributed by atoms with Crippen molar-refractivity contribution in [2.45, 2.75) is 6.04 Å². The number of benzene rings is 3. The van der Waals surface area contributed by atoms with Crippen LogP contribution in [-0.2, 0) is 4.74 Å². The Morgan fingerprint density at radius 2 is 1.61 bits per heavy atom. The summed E-state index contributed by atoms with van der Waals surface area (Å²) in [4.78, 5) is 2.27. The summed E-state index contributed by atoms with van der Waals surface area (Å²) in [7, 11) is 0. The lowest BCUT2D eigenvalue weighted by Gasteiger charge is -2.35. The minimum absolute atomic E-state index is 0.200. The molecule has 0 amide bonds. The lowest BCUT2D eigenvalue weighted by Crippen LogP contribution is -2.39. The van der Waals surface area contributed by atoms with E-state index in [1.165, 1.54) is 18.2 Å². The smallest absolute Gasteiger partial charge is 0.133 e. The van der Waals surface area contributed by atoms with Gasteiger partial charge in [0.05, 0.1) is 31.1 Å². The maximum Gasteiger partial charge on any atom is 0.133 e. The lowest BCUT2D eigenvalue weighted by molar-refractivity contribution is 0.0240. The molecule has 1 saturated heterocycles. The SMILES string of the molecule is Fc1ccc(-c2ccc(C(c3cn[nH]c3-c3ccccc3F)N3CCOCC3)cc2)c(F)c1. The highest BCUT2D eigenvalue weighted by Crippen LogP contribution is 2.37. The Labute approximate surface area is 189 Å². The van der Waals surface area contributed by atoms with Crippen LogP contribution < -0.4 is 0 Å². The molecule has 1 unspecified atom stereocenters. The van der Waals surface area contributed by atoms with Gasteiger partial charge in [0, 0.05) is 35.8 Å². The van der Waals surface area contributed by atoms with E-state index in [9.17, 15) is 13.2 Å². The second kappa shape index (κ2) is 9.21. The molecule has 1 aromatic heterocycles. The van der Waals surface area contributed by atoms with Crippen molar-refractivity contribution in [1.82, 2.24) is 15.1 Å². The Hall–Kier alpha value is -3.42.